The first-order valence-electron chi connectivity index (χ1n) is 28.5. The van der Waals surface area contributed by atoms with E-state index < -0.39 is 70.2 Å². The number of methoxy groups -OCH3 is 1. The monoisotopic (exact) mass is 1090 g/mol. The minimum absolute atomic E-state index is 0.0594. The zero-order valence-corrected chi connectivity index (χ0v) is 50.3. The van der Waals surface area contributed by atoms with Crippen LogP contribution in [0.3, 0.4) is 0 Å². The molecular formula is C62H94O12Si2. The Hall–Kier alpha value is -3.74. The van der Waals surface area contributed by atoms with Crippen LogP contribution in [0.15, 0.2) is 96.6 Å². The molecule has 4 aliphatic rings. The third kappa shape index (κ3) is 15.8. The van der Waals surface area contributed by atoms with Gasteiger partial charge in [0.1, 0.15) is 6.10 Å². The highest BCUT2D eigenvalue weighted by molar-refractivity contribution is 6.99. The number of ether oxygens (including phenoxy) is 6. The van der Waals surface area contributed by atoms with E-state index >= 15 is 4.79 Å². The van der Waals surface area contributed by atoms with Crippen molar-refractivity contribution in [3.63, 3.8) is 0 Å². The van der Waals surface area contributed by atoms with Crippen LogP contribution < -0.4 is 10.4 Å². The lowest BCUT2D eigenvalue weighted by molar-refractivity contribution is -0.327. The molecule has 0 spiro atoms. The van der Waals surface area contributed by atoms with Crippen LogP contribution in [0.2, 0.25) is 23.2 Å². The van der Waals surface area contributed by atoms with Crippen LogP contribution in [-0.2, 0) is 51.7 Å². The molecule has 0 amide bonds. The van der Waals surface area contributed by atoms with Gasteiger partial charge in [-0.1, -0.05) is 173 Å². The lowest BCUT2D eigenvalue weighted by atomic mass is 9.74. The minimum atomic E-state index is -3.20. The van der Waals surface area contributed by atoms with Crippen molar-refractivity contribution in [1.29, 1.82) is 0 Å². The van der Waals surface area contributed by atoms with E-state index in [1.807, 2.05) is 38.1 Å². The van der Waals surface area contributed by atoms with E-state index in [1.54, 1.807) is 0 Å². The fourth-order valence-electron chi connectivity index (χ4n) is 11.3. The maximum absolute atomic E-state index is 15.1. The first-order valence-corrected chi connectivity index (χ1v) is 33.3. The molecule has 12 nitrogen and oxygen atoms in total. The predicted octanol–water partition coefficient (Wildman–Crippen LogP) is 11.9. The Bertz CT molecular complexity index is 2240. The number of rotatable bonds is 15. The van der Waals surface area contributed by atoms with Gasteiger partial charge in [0.2, 0.25) is 5.79 Å². The van der Waals surface area contributed by atoms with Gasteiger partial charge in [-0.3, -0.25) is 9.59 Å². The summed E-state index contributed by atoms with van der Waals surface area (Å²) in [6, 6.07) is 20.9. The minimum Gasteiger partial charge on any atom is -0.466 e. The lowest BCUT2D eigenvalue weighted by Crippen LogP contribution is -2.68. The second-order valence-electron chi connectivity index (χ2n) is 25.3. The van der Waals surface area contributed by atoms with Gasteiger partial charge in [-0.25, -0.2) is 4.79 Å². The molecule has 0 aliphatic carbocycles. The first kappa shape index (κ1) is 61.5. The molecule has 6 bridgehead atoms. The SMILES string of the molecule is C=C1C[C@H]2C[C@H]3CCC[C@@H](C[C@@H](O[Si](c4ccccc4)(c4ccccc4)C(C)(C)C)CC(=O)O[C@@H](CO[Si](C)(C)C(C)(C)C)C[C@@H]4C/C(=C\C(=O)OC)[C@H](OC(=O)CCCCCCC)[C@@](O)(O4)C(C)(C)/C=C/[C@@H](C1)O2)O3. The number of hydrogen-bond donors (Lipinski definition) is 1. The van der Waals surface area contributed by atoms with Crippen molar-refractivity contribution in [3.05, 3.63) is 96.6 Å². The van der Waals surface area contributed by atoms with Gasteiger partial charge < -0.3 is 42.4 Å². The quantitative estimate of drug-likeness (QED) is 0.0452. The molecule has 2 aromatic rings. The van der Waals surface area contributed by atoms with Crippen LogP contribution in [-0.4, -0.2) is 108 Å². The average molecular weight is 1090 g/mol. The number of unbranched alkanes of at least 4 members (excludes halogenated alkanes) is 4. The van der Waals surface area contributed by atoms with Gasteiger partial charge in [0, 0.05) is 30.8 Å². The first-order chi connectivity index (χ1) is 35.8. The van der Waals surface area contributed by atoms with Gasteiger partial charge in [0.05, 0.1) is 56.8 Å². The highest BCUT2D eigenvalue weighted by Crippen LogP contribution is 2.48. The Kier molecular flexibility index (Phi) is 21.4. The number of fused-ring (bicyclic) bond motifs is 6. The Morgan fingerprint density at radius 2 is 1.43 bits per heavy atom. The van der Waals surface area contributed by atoms with Crippen LogP contribution >= 0.6 is 0 Å². The van der Waals surface area contributed by atoms with Gasteiger partial charge in [-0.15, -0.1) is 0 Å². The topological polar surface area (TPSA) is 145 Å². The third-order valence-corrected chi connectivity index (χ3v) is 26.3. The summed E-state index contributed by atoms with van der Waals surface area (Å²) in [5.74, 6) is -3.87. The number of cyclic esters (lactones) is 1. The lowest BCUT2D eigenvalue weighted by Gasteiger charge is -2.51. The van der Waals surface area contributed by atoms with Crippen molar-refractivity contribution in [1.82, 2.24) is 0 Å². The van der Waals surface area contributed by atoms with Crippen molar-refractivity contribution in [2.75, 3.05) is 13.7 Å². The second-order valence-corrected chi connectivity index (χ2v) is 34.3. The molecule has 0 radical (unpaired) electrons. The van der Waals surface area contributed by atoms with Crippen LogP contribution in [0, 0.1) is 5.41 Å². The Morgan fingerprint density at radius 3 is 2.04 bits per heavy atom. The molecule has 4 aliphatic heterocycles. The molecule has 6 rings (SSSR count). The molecular weight excluding hydrogens is 993 g/mol. The summed E-state index contributed by atoms with van der Waals surface area (Å²) in [6.07, 6.45) is 10.5. The van der Waals surface area contributed by atoms with Crippen LogP contribution in [0.25, 0.3) is 0 Å². The molecule has 14 heteroatoms. The van der Waals surface area contributed by atoms with E-state index in [-0.39, 0.29) is 66.8 Å². The molecule has 0 saturated carbocycles. The number of carbonyl (C=O) groups excluding carboxylic acids is 3. The van der Waals surface area contributed by atoms with E-state index in [0.29, 0.717) is 37.7 Å². The largest absolute Gasteiger partial charge is 0.466 e. The van der Waals surface area contributed by atoms with Crippen molar-refractivity contribution >= 4 is 44.9 Å². The van der Waals surface area contributed by atoms with Crippen molar-refractivity contribution < 1.29 is 56.8 Å². The maximum Gasteiger partial charge on any atom is 0.330 e. The van der Waals surface area contributed by atoms with Crippen LogP contribution in [0.1, 0.15) is 165 Å². The standard InChI is InChI=1S/C62H94O12Si2/c1-14-15-16-17-24-32-55(63)72-58-45(38-56(64)67-11)37-50-41-52(43-68-75(12,13)59(3,4)5)71-57(65)42-51(74-76(60(6,7)8,53-28-20-18-21-29-53)54-30-22-19-23-31-54)40-47-27-25-26-46(69-47)39-49-36-44(2)35-48(70-49)33-34-61(9,10)62(58,66)73-50/h18-23,28-31,33-34,38,46-52,58,66H,2,14-17,24-27,32,35-37,39-43H2,1,3-13H3/b34-33+,45-38+/t46-,47+,48+,49+,50+,51-,52-,58+,62-/m1/s1. The Labute approximate surface area is 458 Å². The van der Waals surface area contributed by atoms with E-state index in [0.717, 1.165) is 60.9 Å². The van der Waals surface area contributed by atoms with Gasteiger partial charge in [0.25, 0.3) is 8.32 Å². The normalized spacial score (nSPS) is 29.2. The fraction of sp³-hybridized carbons (Fsp3) is 0.661. The fourth-order valence-corrected chi connectivity index (χ4v) is 17.1. The van der Waals surface area contributed by atoms with E-state index in [1.165, 1.54) is 13.2 Å². The summed E-state index contributed by atoms with van der Waals surface area (Å²) < 4.78 is 53.7. The number of carbonyl (C=O) groups is 3. The van der Waals surface area contributed by atoms with Gasteiger partial charge in [0.15, 0.2) is 14.4 Å². The zero-order valence-electron chi connectivity index (χ0n) is 48.3. The van der Waals surface area contributed by atoms with Crippen molar-refractivity contribution in [3.8, 4) is 0 Å². The molecule has 3 saturated heterocycles. The van der Waals surface area contributed by atoms with Gasteiger partial charge >= 0.3 is 17.9 Å². The van der Waals surface area contributed by atoms with E-state index in [4.69, 9.17) is 37.3 Å². The Morgan fingerprint density at radius 1 is 0.803 bits per heavy atom. The van der Waals surface area contributed by atoms with Crippen molar-refractivity contribution in [2.45, 2.75) is 243 Å². The molecule has 76 heavy (non-hydrogen) atoms. The molecule has 4 heterocycles. The summed E-state index contributed by atoms with van der Waals surface area (Å²) in [5.41, 5.74) is 0.125. The molecule has 9 atom stereocenters. The van der Waals surface area contributed by atoms with Gasteiger partial charge in [-0.05, 0) is 90.5 Å². The summed E-state index contributed by atoms with van der Waals surface area (Å²) in [5, 5.41) is 15.1. The van der Waals surface area contributed by atoms with Crippen molar-refractivity contribution in [2.24, 2.45) is 5.41 Å². The summed E-state index contributed by atoms with van der Waals surface area (Å²) in [4.78, 5) is 42.3. The highest BCUT2D eigenvalue weighted by atomic mass is 28.4. The van der Waals surface area contributed by atoms with E-state index in [2.05, 4.69) is 117 Å². The van der Waals surface area contributed by atoms with Crippen LogP contribution in [0.5, 0.6) is 0 Å². The maximum atomic E-state index is 15.1. The molecule has 1 N–H and O–H groups in total. The zero-order chi connectivity index (χ0) is 55.5. The predicted molar refractivity (Wildman–Crippen MR) is 304 cm³/mol. The molecule has 422 valence electrons. The average Bonchev–Trinajstić information content (AvgIpc) is 3.34. The third-order valence-electron chi connectivity index (χ3n) is 16.7. The summed E-state index contributed by atoms with van der Waals surface area (Å²) in [6.45, 7) is 27.8. The molecule has 0 aromatic heterocycles. The van der Waals surface area contributed by atoms with E-state index in [9.17, 15) is 14.7 Å². The molecule has 2 aromatic carbocycles. The molecule has 3 fully saturated rings. The molecule has 0 unspecified atom stereocenters. The number of benzene rings is 2. The van der Waals surface area contributed by atoms with Gasteiger partial charge in [-0.2, -0.15) is 0 Å². The number of hydrogen-bond acceptors (Lipinski definition) is 12. The number of aliphatic hydroxyl groups is 1. The highest BCUT2D eigenvalue weighted by Gasteiger charge is 2.58. The smallest absolute Gasteiger partial charge is 0.330 e. The Balaban J connectivity index is 1.47. The number of esters is 3. The van der Waals surface area contributed by atoms with Crippen LogP contribution in [0.4, 0.5) is 0 Å². The second kappa shape index (κ2) is 26.5. The summed E-state index contributed by atoms with van der Waals surface area (Å²) in [7, 11) is -4.34. The summed E-state index contributed by atoms with van der Waals surface area (Å²) >= 11 is 0.